The third-order valence-corrected chi connectivity index (χ3v) is 6.21. The van der Waals surface area contributed by atoms with Crippen LogP contribution < -0.4 is 5.32 Å². The highest BCUT2D eigenvalue weighted by Crippen LogP contribution is 2.28. The number of carbonyl (C=O) groups excluding carboxylic acids is 1. The lowest BCUT2D eigenvalue weighted by Crippen LogP contribution is -2.38. The minimum atomic E-state index is -3.93. The molecule has 0 unspecified atom stereocenters. The highest BCUT2D eigenvalue weighted by atomic mass is 32.2. The van der Waals surface area contributed by atoms with Crippen LogP contribution in [0.3, 0.4) is 0 Å². The summed E-state index contributed by atoms with van der Waals surface area (Å²) in [5, 5.41) is 7.08. The van der Waals surface area contributed by atoms with Crippen LogP contribution in [0, 0.1) is 6.92 Å². The van der Waals surface area contributed by atoms with Crippen molar-refractivity contribution in [1.82, 2.24) is 4.41 Å². The Morgan fingerprint density at radius 2 is 1.69 bits per heavy atom. The molecule has 0 saturated heterocycles. The number of hydrazone groups is 1. The molecule has 1 N–H and O–H groups in total. The number of aryl methyl sites for hydroxylation is 1. The lowest BCUT2D eigenvalue weighted by atomic mass is 10.0. The van der Waals surface area contributed by atoms with Crippen LogP contribution in [0.4, 0.5) is 5.69 Å². The Morgan fingerprint density at radius 3 is 2.45 bits per heavy atom. The van der Waals surface area contributed by atoms with Gasteiger partial charge in [0.15, 0.2) is 0 Å². The summed E-state index contributed by atoms with van der Waals surface area (Å²) in [6.45, 7) is 1.50. The fourth-order valence-corrected chi connectivity index (χ4v) is 4.59. The van der Waals surface area contributed by atoms with E-state index in [9.17, 15) is 13.2 Å². The number of sulfonamides is 1. The van der Waals surface area contributed by atoms with Gasteiger partial charge in [-0.2, -0.15) is 17.9 Å². The number of nitrogens with zero attached hydrogens (tertiary/aromatic N) is 2. The third kappa shape index (κ3) is 3.77. The van der Waals surface area contributed by atoms with E-state index in [1.54, 1.807) is 24.3 Å². The third-order valence-electron chi connectivity index (χ3n) is 4.54. The molecule has 1 aliphatic heterocycles. The van der Waals surface area contributed by atoms with Crippen LogP contribution in [-0.4, -0.2) is 31.0 Å². The van der Waals surface area contributed by atoms with Gasteiger partial charge in [-0.05, 0) is 30.7 Å². The topological polar surface area (TPSA) is 78.8 Å². The first-order valence-corrected chi connectivity index (χ1v) is 10.5. The van der Waals surface area contributed by atoms with Crippen molar-refractivity contribution >= 4 is 27.3 Å². The fourth-order valence-electron chi connectivity index (χ4n) is 3.20. The van der Waals surface area contributed by atoms with Gasteiger partial charge in [-0.15, -0.1) is 0 Å². The maximum atomic E-state index is 13.1. The Kier molecular flexibility index (Phi) is 4.90. The molecule has 1 heterocycles. The number of nitrogens with one attached hydrogen (secondary N) is 1. The van der Waals surface area contributed by atoms with Gasteiger partial charge in [0.2, 0.25) is 5.91 Å². The van der Waals surface area contributed by atoms with Gasteiger partial charge in [0.05, 0.1) is 4.90 Å². The molecule has 0 saturated carbocycles. The van der Waals surface area contributed by atoms with Crippen molar-refractivity contribution < 1.29 is 13.2 Å². The molecule has 7 heteroatoms. The number of amides is 1. The van der Waals surface area contributed by atoms with Crippen molar-refractivity contribution in [3.8, 4) is 0 Å². The number of anilines is 1. The number of benzene rings is 3. The summed E-state index contributed by atoms with van der Waals surface area (Å²) >= 11 is 0. The normalized spacial score (nSPS) is 14.7. The van der Waals surface area contributed by atoms with Gasteiger partial charge < -0.3 is 5.32 Å². The van der Waals surface area contributed by atoms with E-state index in [2.05, 4.69) is 10.4 Å². The molecular weight excluding hydrogens is 386 g/mol. The predicted molar refractivity (Wildman–Crippen MR) is 112 cm³/mol. The van der Waals surface area contributed by atoms with E-state index < -0.39 is 22.5 Å². The molecule has 3 aromatic rings. The van der Waals surface area contributed by atoms with Gasteiger partial charge in [0.25, 0.3) is 10.0 Å². The molecular formula is C22H19N3O3S. The summed E-state index contributed by atoms with van der Waals surface area (Å²) in [4.78, 5) is 12.7. The van der Waals surface area contributed by atoms with Gasteiger partial charge in [-0.25, -0.2) is 0 Å². The fraction of sp³-hybridized carbons (Fsp3) is 0.0909. The second kappa shape index (κ2) is 7.52. The average molecular weight is 405 g/mol. The predicted octanol–water partition coefficient (Wildman–Crippen LogP) is 3.39. The van der Waals surface area contributed by atoms with Crippen molar-refractivity contribution in [2.45, 2.75) is 11.8 Å². The Bertz CT molecular complexity index is 1200. The Morgan fingerprint density at radius 1 is 0.966 bits per heavy atom. The van der Waals surface area contributed by atoms with E-state index in [0.29, 0.717) is 17.0 Å². The van der Waals surface area contributed by atoms with E-state index in [4.69, 9.17) is 0 Å². The smallest absolute Gasteiger partial charge is 0.280 e. The van der Waals surface area contributed by atoms with Crippen molar-refractivity contribution in [2.75, 3.05) is 11.9 Å². The molecule has 6 nitrogen and oxygen atoms in total. The second-order valence-corrected chi connectivity index (χ2v) is 8.53. The summed E-state index contributed by atoms with van der Waals surface area (Å²) in [6, 6.07) is 23.3. The van der Waals surface area contributed by atoms with E-state index in [1.165, 1.54) is 6.07 Å². The van der Waals surface area contributed by atoms with Crippen LogP contribution in [0.1, 0.15) is 16.7 Å². The Hall–Kier alpha value is -3.45. The molecule has 146 valence electrons. The zero-order chi connectivity index (χ0) is 20.4. The largest absolute Gasteiger partial charge is 0.324 e. The lowest BCUT2D eigenvalue weighted by Gasteiger charge is -2.26. The van der Waals surface area contributed by atoms with Crippen LogP contribution in [0.2, 0.25) is 0 Å². The molecule has 4 rings (SSSR count). The lowest BCUT2D eigenvalue weighted by molar-refractivity contribution is -0.116. The van der Waals surface area contributed by atoms with Crippen molar-refractivity contribution in [3.63, 3.8) is 0 Å². The van der Waals surface area contributed by atoms with Gasteiger partial charge >= 0.3 is 0 Å². The molecule has 1 amide bonds. The quantitative estimate of drug-likeness (QED) is 0.723. The van der Waals surface area contributed by atoms with Crippen molar-refractivity contribution in [3.05, 3.63) is 95.6 Å². The van der Waals surface area contributed by atoms with Crippen LogP contribution in [0.25, 0.3) is 0 Å². The highest BCUT2D eigenvalue weighted by molar-refractivity contribution is 7.89. The molecule has 0 aliphatic carbocycles. The minimum Gasteiger partial charge on any atom is -0.324 e. The summed E-state index contributed by atoms with van der Waals surface area (Å²) in [5.74, 6) is -0.463. The molecule has 0 aromatic heterocycles. The van der Waals surface area contributed by atoms with Gasteiger partial charge in [-0.1, -0.05) is 60.7 Å². The van der Waals surface area contributed by atoms with Gasteiger partial charge in [-0.3, -0.25) is 4.79 Å². The number of carbonyl (C=O) groups is 1. The summed E-state index contributed by atoms with van der Waals surface area (Å²) in [7, 11) is -3.93. The molecule has 0 fully saturated rings. The maximum absolute atomic E-state index is 13.1. The van der Waals surface area contributed by atoms with Crippen LogP contribution >= 0.6 is 0 Å². The molecule has 0 bridgehead atoms. The molecule has 0 spiro atoms. The Labute approximate surface area is 169 Å². The number of hydrogen-bond acceptors (Lipinski definition) is 4. The van der Waals surface area contributed by atoms with E-state index in [-0.39, 0.29) is 4.90 Å². The van der Waals surface area contributed by atoms with E-state index in [1.807, 2.05) is 55.5 Å². The number of rotatable bonds is 4. The average Bonchev–Trinajstić information content (AvgIpc) is 2.71. The molecule has 3 aromatic carbocycles. The molecule has 0 atom stereocenters. The zero-order valence-electron chi connectivity index (χ0n) is 15.7. The minimum absolute atomic E-state index is 0.136. The first-order chi connectivity index (χ1) is 13.9. The molecule has 1 aliphatic rings. The van der Waals surface area contributed by atoms with Crippen molar-refractivity contribution in [1.29, 1.82) is 0 Å². The van der Waals surface area contributed by atoms with Gasteiger partial charge in [0.1, 0.15) is 12.3 Å². The summed E-state index contributed by atoms with van der Waals surface area (Å²) in [6.07, 6.45) is 0. The molecule has 0 radical (unpaired) electrons. The van der Waals surface area contributed by atoms with Gasteiger partial charge in [0, 0.05) is 16.8 Å². The molecule has 29 heavy (non-hydrogen) atoms. The van der Waals surface area contributed by atoms with Crippen molar-refractivity contribution in [2.24, 2.45) is 5.10 Å². The Balaban J connectivity index is 1.70. The number of fused-ring (bicyclic) bond motifs is 1. The SMILES string of the molecule is Cc1cccc(NC(=O)CN2N=C(c3ccccc3)c3ccccc3S2(=O)=O)c1. The number of hydrogen-bond donors (Lipinski definition) is 1. The van der Waals surface area contributed by atoms with E-state index >= 15 is 0 Å². The standard InChI is InChI=1S/C22H19N3O3S/c1-16-8-7-11-18(14-16)23-21(26)15-25-24-22(17-9-3-2-4-10-17)19-12-5-6-13-20(19)29(25,27)28/h2-14H,15H2,1H3,(H,23,26). The zero-order valence-corrected chi connectivity index (χ0v) is 16.6. The summed E-state index contributed by atoms with van der Waals surface area (Å²) < 4.78 is 27.0. The van der Waals surface area contributed by atoms with Crippen LogP contribution in [-0.2, 0) is 14.8 Å². The first-order valence-electron chi connectivity index (χ1n) is 9.08. The summed E-state index contributed by atoms with van der Waals surface area (Å²) in [5.41, 5.74) is 3.41. The van der Waals surface area contributed by atoms with Crippen LogP contribution in [0.15, 0.2) is 88.9 Å². The monoisotopic (exact) mass is 405 g/mol. The second-order valence-electron chi connectivity index (χ2n) is 6.71. The highest BCUT2D eigenvalue weighted by Gasteiger charge is 2.34. The van der Waals surface area contributed by atoms with E-state index in [0.717, 1.165) is 15.5 Å². The first kappa shape index (κ1) is 18.9. The maximum Gasteiger partial charge on any atom is 0.280 e. The van der Waals surface area contributed by atoms with Crippen LogP contribution in [0.5, 0.6) is 0 Å².